The molecule has 0 aliphatic rings. The highest BCUT2D eigenvalue weighted by Crippen LogP contribution is 2.34. The van der Waals surface area contributed by atoms with E-state index in [9.17, 15) is 18.0 Å². The Morgan fingerprint density at radius 2 is 1.75 bits per heavy atom. The van der Waals surface area contributed by atoms with Gasteiger partial charge in [0, 0.05) is 11.6 Å². The lowest BCUT2D eigenvalue weighted by molar-refractivity contribution is -0.113. The second kappa shape index (κ2) is 9.49. The molecule has 0 saturated carbocycles. The molecule has 1 amide bonds. The maximum atomic E-state index is 13.6. The van der Waals surface area contributed by atoms with Crippen molar-refractivity contribution in [1.29, 1.82) is 0 Å². The van der Waals surface area contributed by atoms with Crippen LogP contribution in [0.3, 0.4) is 0 Å². The van der Waals surface area contributed by atoms with Gasteiger partial charge in [0.25, 0.3) is 0 Å². The molecule has 0 aliphatic carbocycles. The van der Waals surface area contributed by atoms with Gasteiger partial charge in [0.1, 0.15) is 33.2 Å². The van der Waals surface area contributed by atoms with Crippen molar-refractivity contribution in [2.75, 3.05) is 11.1 Å². The van der Waals surface area contributed by atoms with Crippen LogP contribution in [-0.4, -0.2) is 26.8 Å². The molecule has 0 atom stereocenters. The number of aryl methyl sites for hydroxylation is 1. The fourth-order valence-electron chi connectivity index (χ4n) is 2.78. The number of aromatic nitrogens is 3. The lowest BCUT2D eigenvalue weighted by atomic mass is 10.2. The summed E-state index contributed by atoms with van der Waals surface area (Å²) in [4.78, 5) is 17.4. The van der Waals surface area contributed by atoms with Gasteiger partial charge in [-0.25, -0.2) is 18.2 Å². The summed E-state index contributed by atoms with van der Waals surface area (Å²) in [5.41, 5.74) is 2.14. The van der Waals surface area contributed by atoms with Crippen LogP contribution < -0.4 is 5.32 Å². The van der Waals surface area contributed by atoms with Crippen molar-refractivity contribution in [1.82, 2.24) is 15.2 Å². The third-order valence-electron chi connectivity index (χ3n) is 4.32. The van der Waals surface area contributed by atoms with Gasteiger partial charge in [-0.05, 0) is 55.5 Å². The average molecular weight is 473 g/mol. The number of anilines is 1. The van der Waals surface area contributed by atoms with Crippen molar-refractivity contribution < 1.29 is 18.0 Å². The number of nitrogens with zero attached hydrogens (tertiary/aromatic N) is 3. The lowest BCUT2D eigenvalue weighted by Crippen LogP contribution is -2.15. The first-order valence-corrected chi connectivity index (χ1v) is 11.1. The molecule has 0 aliphatic heterocycles. The largest absolute Gasteiger partial charge is 0.323 e. The first-order valence-electron chi connectivity index (χ1n) is 9.34. The number of carbonyl (C=O) groups is 1. The zero-order chi connectivity index (χ0) is 22.7. The second-order valence-electron chi connectivity index (χ2n) is 6.66. The van der Waals surface area contributed by atoms with E-state index in [-0.39, 0.29) is 17.3 Å². The normalized spacial score (nSPS) is 10.9. The van der Waals surface area contributed by atoms with Crippen LogP contribution in [0.15, 0.2) is 59.6 Å². The van der Waals surface area contributed by atoms with Crippen LogP contribution in [-0.2, 0) is 4.79 Å². The Morgan fingerprint density at radius 1 is 1.00 bits per heavy atom. The van der Waals surface area contributed by atoms with Crippen molar-refractivity contribution in [3.05, 3.63) is 77.7 Å². The SMILES string of the molecule is Cc1nc(-c2ccc(F)cc2)sc1-c1ccc(SCC(=O)Nc2ccc(F)cc2F)nn1. The van der Waals surface area contributed by atoms with Crippen LogP contribution in [0, 0.1) is 24.4 Å². The first kappa shape index (κ1) is 22.0. The third kappa shape index (κ3) is 5.14. The number of benzene rings is 2. The Bertz CT molecular complexity index is 1260. The average Bonchev–Trinajstić information content (AvgIpc) is 3.17. The molecule has 32 heavy (non-hydrogen) atoms. The molecule has 4 aromatic rings. The van der Waals surface area contributed by atoms with Crippen LogP contribution in [0.4, 0.5) is 18.9 Å². The summed E-state index contributed by atoms with van der Waals surface area (Å²) < 4.78 is 39.7. The number of carbonyl (C=O) groups excluding carboxylic acids is 1. The van der Waals surface area contributed by atoms with E-state index in [1.165, 1.54) is 29.5 Å². The van der Waals surface area contributed by atoms with Crippen molar-refractivity contribution in [2.24, 2.45) is 0 Å². The second-order valence-corrected chi connectivity index (χ2v) is 8.65. The molecule has 10 heteroatoms. The first-order chi connectivity index (χ1) is 15.4. The lowest BCUT2D eigenvalue weighted by Gasteiger charge is -2.06. The van der Waals surface area contributed by atoms with Crippen molar-refractivity contribution >= 4 is 34.7 Å². The Kier molecular flexibility index (Phi) is 6.52. The summed E-state index contributed by atoms with van der Waals surface area (Å²) in [5.74, 6) is -2.33. The molecule has 0 spiro atoms. The van der Waals surface area contributed by atoms with Crippen molar-refractivity contribution in [3.63, 3.8) is 0 Å². The number of nitrogens with one attached hydrogen (secondary N) is 1. The number of thioether (sulfide) groups is 1. The van der Waals surface area contributed by atoms with Gasteiger partial charge in [-0.15, -0.1) is 21.5 Å². The summed E-state index contributed by atoms with van der Waals surface area (Å²) in [6.07, 6.45) is 0. The zero-order valence-electron chi connectivity index (χ0n) is 16.6. The van der Waals surface area contributed by atoms with Gasteiger partial charge in [-0.3, -0.25) is 4.79 Å². The van der Waals surface area contributed by atoms with E-state index < -0.39 is 17.5 Å². The van der Waals surface area contributed by atoms with E-state index >= 15 is 0 Å². The van der Waals surface area contributed by atoms with E-state index in [4.69, 9.17) is 0 Å². The van der Waals surface area contributed by atoms with Gasteiger partial charge in [0.2, 0.25) is 5.91 Å². The standard InChI is InChI=1S/C22H15F3N4OS2/c1-12-21(32-22(26-12)13-2-4-14(23)5-3-13)18-8-9-20(29-28-18)31-11-19(30)27-17-7-6-15(24)10-16(17)25/h2-10H,11H2,1H3,(H,27,30). The van der Waals surface area contributed by atoms with E-state index in [2.05, 4.69) is 20.5 Å². The number of rotatable bonds is 6. The monoisotopic (exact) mass is 472 g/mol. The highest BCUT2D eigenvalue weighted by molar-refractivity contribution is 7.99. The molecule has 2 aromatic carbocycles. The molecule has 0 saturated heterocycles. The molecule has 4 rings (SSSR count). The van der Waals surface area contributed by atoms with E-state index in [0.717, 1.165) is 39.0 Å². The molecule has 0 bridgehead atoms. The highest BCUT2D eigenvalue weighted by Gasteiger charge is 2.14. The van der Waals surface area contributed by atoms with E-state index in [1.54, 1.807) is 24.3 Å². The van der Waals surface area contributed by atoms with Crippen LogP contribution in [0.5, 0.6) is 0 Å². The van der Waals surface area contributed by atoms with Gasteiger partial charge >= 0.3 is 0 Å². The molecule has 0 fully saturated rings. The predicted molar refractivity (Wildman–Crippen MR) is 119 cm³/mol. The predicted octanol–water partition coefficient (Wildman–Crippen LogP) is 5.72. The Morgan fingerprint density at radius 3 is 2.44 bits per heavy atom. The molecular weight excluding hydrogens is 457 g/mol. The third-order valence-corrected chi connectivity index (χ3v) is 6.47. The van der Waals surface area contributed by atoms with Gasteiger partial charge in [-0.2, -0.15) is 0 Å². The zero-order valence-corrected chi connectivity index (χ0v) is 18.2. The highest BCUT2D eigenvalue weighted by atomic mass is 32.2. The minimum Gasteiger partial charge on any atom is -0.323 e. The van der Waals surface area contributed by atoms with Gasteiger partial charge in [0.15, 0.2) is 0 Å². The number of amides is 1. The van der Waals surface area contributed by atoms with Crippen LogP contribution >= 0.6 is 23.1 Å². The fraction of sp³-hybridized carbons (Fsp3) is 0.0909. The number of thiazole rings is 1. The molecule has 162 valence electrons. The quantitative estimate of drug-likeness (QED) is 0.364. The molecule has 2 heterocycles. The number of hydrogen-bond donors (Lipinski definition) is 1. The van der Waals surface area contributed by atoms with Crippen LogP contribution in [0.2, 0.25) is 0 Å². The topological polar surface area (TPSA) is 67.8 Å². The molecule has 5 nitrogen and oxygen atoms in total. The maximum absolute atomic E-state index is 13.6. The number of halogens is 3. The van der Waals surface area contributed by atoms with Crippen LogP contribution in [0.1, 0.15) is 5.69 Å². The van der Waals surface area contributed by atoms with E-state index in [0.29, 0.717) is 16.8 Å². The summed E-state index contributed by atoms with van der Waals surface area (Å²) in [6, 6.07) is 12.6. The summed E-state index contributed by atoms with van der Waals surface area (Å²) >= 11 is 2.57. The summed E-state index contributed by atoms with van der Waals surface area (Å²) in [7, 11) is 0. The Labute approximate surface area is 189 Å². The minimum atomic E-state index is -0.840. The Hall–Kier alpha value is -3.24. The van der Waals surface area contributed by atoms with E-state index in [1.807, 2.05) is 6.92 Å². The van der Waals surface area contributed by atoms with Gasteiger partial charge in [-0.1, -0.05) is 11.8 Å². The minimum absolute atomic E-state index is 0.0147. The molecule has 1 N–H and O–H groups in total. The smallest absolute Gasteiger partial charge is 0.234 e. The maximum Gasteiger partial charge on any atom is 0.234 e. The Balaban J connectivity index is 1.40. The van der Waals surface area contributed by atoms with Crippen LogP contribution in [0.25, 0.3) is 21.1 Å². The van der Waals surface area contributed by atoms with Gasteiger partial charge < -0.3 is 5.32 Å². The summed E-state index contributed by atoms with van der Waals surface area (Å²) in [5, 5.41) is 12.0. The molecule has 0 unspecified atom stereocenters. The molecular formula is C22H15F3N4OS2. The molecule has 0 radical (unpaired) electrons. The number of hydrogen-bond acceptors (Lipinski definition) is 6. The van der Waals surface area contributed by atoms with Crippen molar-refractivity contribution in [2.45, 2.75) is 11.9 Å². The van der Waals surface area contributed by atoms with Crippen molar-refractivity contribution in [3.8, 4) is 21.1 Å². The molecule has 2 aromatic heterocycles. The summed E-state index contributed by atoms with van der Waals surface area (Å²) in [6.45, 7) is 1.86. The fourth-order valence-corrected chi connectivity index (χ4v) is 4.44. The van der Waals surface area contributed by atoms with Gasteiger partial charge in [0.05, 0.1) is 22.0 Å².